The Morgan fingerprint density at radius 2 is 1.86 bits per heavy atom. The summed E-state index contributed by atoms with van der Waals surface area (Å²) in [5.41, 5.74) is 6.55. The van der Waals surface area contributed by atoms with Gasteiger partial charge in [-0.2, -0.15) is 0 Å². The summed E-state index contributed by atoms with van der Waals surface area (Å²) in [5, 5.41) is 3.54. The molecule has 1 fully saturated rings. The summed E-state index contributed by atoms with van der Waals surface area (Å²) in [6.07, 6.45) is 7.80. The van der Waals surface area contributed by atoms with Gasteiger partial charge in [0.1, 0.15) is 0 Å². The molecule has 1 unspecified atom stereocenters. The summed E-state index contributed by atoms with van der Waals surface area (Å²) in [5.74, 6) is 1.71. The van der Waals surface area contributed by atoms with Gasteiger partial charge >= 0.3 is 0 Å². The van der Waals surface area contributed by atoms with Crippen LogP contribution in [0.25, 0.3) is 0 Å². The number of likely N-dealkylation sites (tertiary alicyclic amines) is 1. The molecule has 2 aliphatic heterocycles. The summed E-state index contributed by atoms with van der Waals surface area (Å²) < 4.78 is 0. The number of hydrogen-bond donors (Lipinski definition) is 1. The molecule has 2 aromatic rings. The maximum absolute atomic E-state index is 13.1. The lowest BCUT2D eigenvalue weighted by molar-refractivity contribution is 0.0960. The van der Waals surface area contributed by atoms with Gasteiger partial charge < -0.3 is 5.32 Å². The zero-order valence-electron chi connectivity index (χ0n) is 17.3. The molecule has 3 heteroatoms. The van der Waals surface area contributed by atoms with Crippen molar-refractivity contribution in [2.45, 2.75) is 57.4 Å². The van der Waals surface area contributed by atoms with E-state index in [0.29, 0.717) is 24.0 Å². The first kappa shape index (κ1) is 18.9. The second kappa shape index (κ2) is 8.31. The van der Waals surface area contributed by atoms with Crippen LogP contribution in [-0.4, -0.2) is 30.3 Å². The highest BCUT2D eigenvalue weighted by Gasteiger charge is 2.31. The van der Waals surface area contributed by atoms with Gasteiger partial charge in [-0.3, -0.25) is 9.69 Å². The van der Waals surface area contributed by atoms with Gasteiger partial charge in [-0.25, -0.2) is 0 Å². The molecule has 3 aliphatic rings. The Bertz CT molecular complexity index is 868. The van der Waals surface area contributed by atoms with Gasteiger partial charge in [0.2, 0.25) is 0 Å². The fourth-order valence-electron chi connectivity index (χ4n) is 5.67. The first-order valence-corrected chi connectivity index (χ1v) is 11.5. The van der Waals surface area contributed by atoms with Crippen LogP contribution in [0.3, 0.4) is 0 Å². The van der Waals surface area contributed by atoms with Crippen molar-refractivity contribution in [3.05, 3.63) is 64.7 Å². The fourth-order valence-corrected chi connectivity index (χ4v) is 5.67. The van der Waals surface area contributed by atoms with Crippen molar-refractivity contribution in [2.75, 3.05) is 25.0 Å². The van der Waals surface area contributed by atoms with Crippen molar-refractivity contribution in [3.8, 4) is 0 Å². The van der Waals surface area contributed by atoms with Gasteiger partial charge in [0.05, 0.1) is 0 Å². The van der Waals surface area contributed by atoms with Crippen LogP contribution in [0.2, 0.25) is 0 Å². The number of rotatable bonds is 6. The minimum atomic E-state index is 0.377. The molecule has 3 nitrogen and oxygen atoms in total. The second-order valence-corrected chi connectivity index (χ2v) is 9.19. The predicted octanol–water partition coefficient (Wildman–Crippen LogP) is 5.41. The number of Topliss-reactive ketones (excluding diaryl/α,β-unsaturated/α-hetero) is 1. The third-order valence-electron chi connectivity index (χ3n) is 7.32. The molecule has 0 aromatic heterocycles. The van der Waals surface area contributed by atoms with Gasteiger partial charge in [-0.15, -0.1) is 0 Å². The molecule has 0 radical (unpaired) electrons. The number of carbonyl (C=O) groups excluding carboxylic acids is 1. The van der Waals surface area contributed by atoms with Gasteiger partial charge in [0, 0.05) is 36.7 Å². The SMILES string of the molecule is O=C(CCC1CCN(Cc2ccccc2)CC1)c1ccc2c3c1CCCC3CN2. The number of hydrogen-bond acceptors (Lipinski definition) is 3. The summed E-state index contributed by atoms with van der Waals surface area (Å²) in [6.45, 7) is 4.43. The molecule has 0 amide bonds. The molecular weight excluding hydrogens is 356 g/mol. The molecule has 1 atom stereocenters. The predicted molar refractivity (Wildman–Crippen MR) is 119 cm³/mol. The lowest BCUT2D eigenvalue weighted by Gasteiger charge is -2.32. The normalized spacial score (nSPS) is 21.6. The molecule has 2 aromatic carbocycles. The highest BCUT2D eigenvalue weighted by molar-refractivity contribution is 5.98. The molecule has 1 saturated heterocycles. The molecule has 0 spiro atoms. The molecule has 1 aliphatic carbocycles. The quantitative estimate of drug-likeness (QED) is 0.672. The number of anilines is 1. The van der Waals surface area contributed by atoms with Gasteiger partial charge in [-0.1, -0.05) is 30.3 Å². The topological polar surface area (TPSA) is 32.3 Å². The van der Waals surface area contributed by atoms with Crippen molar-refractivity contribution in [3.63, 3.8) is 0 Å². The van der Waals surface area contributed by atoms with Gasteiger partial charge in [-0.05, 0) is 86.4 Å². The molecule has 0 bridgehead atoms. The monoisotopic (exact) mass is 388 g/mol. The smallest absolute Gasteiger partial charge is 0.163 e. The van der Waals surface area contributed by atoms with E-state index in [9.17, 15) is 4.79 Å². The van der Waals surface area contributed by atoms with Crippen molar-refractivity contribution < 1.29 is 4.79 Å². The van der Waals surface area contributed by atoms with E-state index in [1.54, 1.807) is 0 Å². The standard InChI is InChI=1S/C26H32N2O/c29-25(22-10-11-24-26-21(17-27-24)7-4-8-23(22)26)12-9-19-13-15-28(16-14-19)18-20-5-2-1-3-6-20/h1-3,5-6,10-11,19,21,27H,4,7-9,12-18H2. The number of carbonyl (C=O) groups is 1. The number of benzene rings is 2. The third kappa shape index (κ3) is 3.98. The van der Waals surface area contributed by atoms with E-state index in [4.69, 9.17) is 0 Å². The molecule has 5 rings (SSSR count). The Morgan fingerprint density at radius 3 is 2.69 bits per heavy atom. The Labute approximate surface area is 174 Å². The van der Waals surface area contributed by atoms with E-state index in [1.807, 2.05) is 0 Å². The van der Waals surface area contributed by atoms with Crippen LogP contribution >= 0.6 is 0 Å². The summed E-state index contributed by atoms with van der Waals surface area (Å²) in [6, 6.07) is 15.0. The lowest BCUT2D eigenvalue weighted by atomic mass is 9.80. The van der Waals surface area contributed by atoms with Crippen LogP contribution in [0, 0.1) is 5.92 Å². The Hall–Kier alpha value is -2.13. The van der Waals surface area contributed by atoms with Crippen molar-refractivity contribution >= 4 is 11.5 Å². The first-order valence-electron chi connectivity index (χ1n) is 11.5. The van der Waals surface area contributed by atoms with Crippen molar-refractivity contribution in [1.29, 1.82) is 0 Å². The number of nitrogens with zero attached hydrogens (tertiary/aromatic N) is 1. The third-order valence-corrected chi connectivity index (χ3v) is 7.32. The van der Waals surface area contributed by atoms with E-state index < -0.39 is 0 Å². The van der Waals surface area contributed by atoms with E-state index >= 15 is 0 Å². The summed E-state index contributed by atoms with van der Waals surface area (Å²) in [4.78, 5) is 15.6. The molecular formula is C26H32N2O. The van der Waals surface area contributed by atoms with Crippen molar-refractivity contribution in [2.24, 2.45) is 5.92 Å². The average molecular weight is 389 g/mol. The van der Waals surface area contributed by atoms with Crippen LogP contribution in [-0.2, 0) is 13.0 Å². The average Bonchev–Trinajstić information content (AvgIpc) is 3.19. The van der Waals surface area contributed by atoms with E-state index in [2.05, 4.69) is 52.7 Å². The van der Waals surface area contributed by atoms with Crippen molar-refractivity contribution in [1.82, 2.24) is 4.90 Å². The minimum absolute atomic E-state index is 0.377. The highest BCUT2D eigenvalue weighted by Crippen LogP contribution is 2.43. The highest BCUT2D eigenvalue weighted by atomic mass is 16.1. The molecule has 1 N–H and O–H groups in total. The molecule has 2 heterocycles. The Kier molecular flexibility index (Phi) is 5.41. The zero-order valence-corrected chi connectivity index (χ0v) is 17.3. The van der Waals surface area contributed by atoms with Crippen LogP contribution in [0.5, 0.6) is 0 Å². The van der Waals surface area contributed by atoms with Crippen LogP contribution in [0.4, 0.5) is 5.69 Å². The van der Waals surface area contributed by atoms with Crippen LogP contribution in [0.15, 0.2) is 42.5 Å². The number of nitrogens with one attached hydrogen (secondary N) is 1. The number of piperidine rings is 1. The van der Waals surface area contributed by atoms with Crippen LogP contribution in [0.1, 0.15) is 71.5 Å². The maximum Gasteiger partial charge on any atom is 0.163 e. The van der Waals surface area contributed by atoms with E-state index in [1.165, 1.54) is 48.1 Å². The largest absolute Gasteiger partial charge is 0.384 e. The number of ketones is 1. The zero-order chi connectivity index (χ0) is 19.6. The van der Waals surface area contributed by atoms with E-state index in [-0.39, 0.29) is 0 Å². The molecule has 29 heavy (non-hydrogen) atoms. The summed E-state index contributed by atoms with van der Waals surface area (Å²) in [7, 11) is 0. The van der Waals surface area contributed by atoms with Gasteiger partial charge in [0.25, 0.3) is 0 Å². The Morgan fingerprint density at radius 1 is 1.03 bits per heavy atom. The molecule has 0 saturated carbocycles. The Balaban J connectivity index is 1.15. The summed E-state index contributed by atoms with van der Waals surface area (Å²) >= 11 is 0. The first-order chi connectivity index (χ1) is 14.3. The molecule has 152 valence electrons. The maximum atomic E-state index is 13.1. The lowest BCUT2D eigenvalue weighted by Crippen LogP contribution is -2.33. The second-order valence-electron chi connectivity index (χ2n) is 9.19. The van der Waals surface area contributed by atoms with Crippen LogP contribution < -0.4 is 5.32 Å². The minimum Gasteiger partial charge on any atom is -0.384 e. The van der Waals surface area contributed by atoms with Gasteiger partial charge in [0.15, 0.2) is 5.78 Å². The van der Waals surface area contributed by atoms with E-state index in [0.717, 1.165) is 44.6 Å². The fraction of sp³-hybridized carbons (Fsp3) is 0.500.